The SMILES string of the molecule is O=C(COC(=O)Cn1ccc(=O)[nH]c1=O)NC1CCCC1. The summed E-state index contributed by atoms with van der Waals surface area (Å²) in [6, 6.07) is 1.29. The Balaban J connectivity index is 1.77. The molecule has 2 rings (SSSR count). The van der Waals surface area contributed by atoms with Gasteiger partial charge >= 0.3 is 11.7 Å². The molecule has 1 aromatic heterocycles. The molecule has 8 nitrogen and oxygen atoms in total. The zero-order chi connectivity index (χ0) is 15.2. The van der Waals surface area contributed by atoms with Crippen molar-refractivity contribution in [3.63, 3.8) is 0 Å². The number of aromatic amines is 1. The van der Waals surface area contributed by atoms with Gasteiger partial charge in [-0.25, -0.2) is 4.79 Å². The monoisotopic (exact) mass is 295 g/mol. The molecule has 21 heavy (non-hydrogen) atoms. The van der Waals surface area contributed by atoms with Crippen molar-refractivity contribution >= 4 is 11.9 Å². The third-order valence-electron chi connectivity index (χ3n) is 3.28. The number of aromatic nitrogens is 2. The van der Waals surface area contributed by atoms with Crippen LogP contribution in [0.1, 0.15) is 25.7 Å². The molecule has 0 aromatic carbocycles. The highest BCUT2D eigenvalue weighted by Crippen LogP contribution is 2.17. The van der Waals surface area contributed by atoms with Gasteiger partial charge in [0.25, 0.3) is 11.5 Å². The number of carbonyl (C=O) groups is 2. The minimum absolute atomic E-state index is 0.165. The molecule has 0 saturated heterocycles. The van der Waals surface area contributed by atoms with E-state index in [0.29, 0.717) is 0 Å². The summed E-state index contributed by atoms with van der Waals surface area (Å²) in [6.45, 7) is -0.722. The number of amides is 1. The van der Waals surface area contributed by atoms with Crippen molar-refractivity contribution in [2.75, 3.05) is 6.61 Å². The third-order valence-corrected chi connectivity index (χ3v) is 3.28. The molecule has 0 atom stereocenters. The molecule has 1 fully saturated rings. The lowest BCUT2D eigenvalue weighted by molar-refractivity contribution is -0.149. The number of hydrogen-bond acceptors (Lipinski definition) is 5. The predicted octanol–water partition coefficient (Wildman–Crippen LogP) is -0.861. The lowest BCUT2D eigenvalue weighted by Crippen LogP contribution is -2.37. The van der Waals surface area contributed by atoms with Gasteiger partial charge in [0.15, 0.2) is 6.61 Å². The average Bonchev–Trinajstić information content (AvgIpc) is 2.92. The fourth-order valence-electron chi connectivity index (χ4n) is 2.24. The number of nitrogens with zero attached hydrogens (tertiary/aromatic N) is 1. The standard InChI is InChI=1S/C13H17N3O5/c17-10-5-6-16(13(20)15-10)7-12(19)21-8-11(18)14-9-3-1-2-4-9/h5-6,9H,1-4,7-8H2,(H,14,18)(H,15,17,20). The summed E-state index contributed by atoms with van der Waals surface area (Å²) < 4.78 is 5.80. The van der Waals surface area contributed by atoms with Gasteiger partial charge < -0.3 is 10.1 Å². The number of H-pyrrole nitrogens is 1. The molecule has 1 saturated carbocycles. The second kappa shape index (κ2) is 6.87. The van der Waals surface area contributed by atoms with E-state index >= 15 is 0 Å². The average molecular weight is 295 g/mol. The fourth-order valence-corrected chi connectivity index (χ4v) is 2.24. The number of carbonyl (C=O) groups excluding carboxylic acids is 2. The zero-order valence-corrected chi connectivity index (χ0v) is 11.5. The number of ether oxygens (including phenoxy) is 1. The Morgan fingerprint density at radius 1 is 1.33 bits per heavy atom. The third kappa shape index (κ3) is 4.59. The van der Waals surface area contributed by atoms with E-state index in [2.05, 4.69) is 5.32 Å². The van der Waals surface area contributed by atoms with Crippen LogP contribution in [0.15, 0.2) is 21.9 Å². The molecule has 0 bridgehead atoms. The van der Waals surface area contributed by atoms with Gasteiger partial charge in [0.05, 0.1) is 0 Å². The van der Waals surface area contributed by atoms with Crippen LogP contribution in [-0.2, 0) is 20.9 Å². The van der Waals surface area contributed by atoms with Gasteiger partial charge in [0.2, 0.25) is 0 Å². The fraction of sp³-hybridized carbons (Fsp3) is 0.538. The minimum Gasteiger partial charge on any atom is -0.454 e. The van der Waals surface area contributed by atoms with Crippen LogP contribution in [0.5, 0.6) is 0 Å². The maximum absolute atomic E-state index is 11.6. The summed E-state index contributed by atoms with van der Waals surface area (Å²) in [7, 11) is 0. The molecule has 1 aliphatic carbocycles. The first-order chi connectivity index (χ1) is 10.0. The first kappa shape index (κ1) is 15.0. The summed E-state index contributed by atoms with van der Waals surface area (Å²) in [6.07, 6.45) is 5.29. The smallest absolute Gasteiger partial charge is 0.328 e. The van der Waals surface area contributed by atoms with Gasteiger partial charge in [-0.15, -0.1) is 0 Å². The molecule has 1 heterocycles. The Morgan fingerprint density at radius 3 is 2.71 bits per heavy atom. The first-order valence-electron chi connectivity index (χ1n) is 6.79. The molecule has 1 amide bonds. The molecule has 8 heteroatoms. The molecule has 1 aromatic rings. The van der Waals surface area contributed by atoms with Crippen LogP contribution in [-0.4, -0.2) is 34.1 Å². The normalized spacial score (nSPS) is 14.9. The Kier molecular flexibility index (Phi) is 4.91. The molecule has 0 spiro atoms. The van der Waals surface area contributed by atoms with Crippen LogP contribution >= 0.6 is 0 Å². The summed E-state index contributed by atoms with van der Waals surface area (Å²) in [5.74, 6) is -1.06. The van der Waals surface area contributed by atoms with Crippen LogP contribution in [0.3, 0.4) is 0 Å². The predicted molar refractivity (Wildman–Crippen MR) is 72.7 cm³/mol. The lowest BCUT2D eigenvalue weighted by atomic mass is 10.2. The Labute approximate surface area is 120 Å². The summed E-state index contributed by atoms with van der Waals surface area (Å²) in [5.41, 5.74) is -1.24. The van der Waals surface area contributed by atoms with E-state index in [1.165, 1.54) is 6.20 Å². The van der Waals surface area contributed by atoms with Crippen LogP contribution in [0.25, 0.3) is 0 Å². The van der Waals surface area contributed by atoms with Crippen molar-refractivity contribution < 1.29 is 14.3 Å². The van der Waals surface area contributed by atoms with Crippen LogP contribution < -0.4 is 16.6 Å². The van der Waals surface area contributed by atoms with Crippen LogP contribution in [0, 0.1) is 0 Å². The van der Waals surface area contributed by atoms with E-state index in [1.807, 2.05) is 4.98 Å². The Hall–Kier alpha value is -2.38. The van der Waals surface area contributed by atoms with Gasteiger partial charge in [0.1, 0.15) is 6.54 Å². The van der Waals surface area contributed by atoms with Crippen molar-refractivity contribution in [2.24, 2.45) is 0 Å². The van der Waals surface area contributed by atoms with E-state index in [-0.39, 0.29) is 25.1 Å². The largest absolute Gasteiger partial charge is 0.454 e. The highest BCUT2D eigenvalue weighted by Gasteiger charge is 2.17. The van der Waals surface area contributed by atoms with E-state index < -0.39 is 17.2 Å². The van der Waals surface area contributed by atoms with Gasteiger partial charge in [-0.05, 0) is 12.8 Å². The molecular formula is C13H17N3O5. The topological polar surface area (TPSA) is 110 Å². The van der Waals surface area contributed by atoms with Crippen molar-refractivity contribution in [3.8, 4) is 0 Å². The number of nitrogens with one attached hydrogen (secondary N) is 2. The first-order valence-corrected chi connectivity index (χ1v) is 6.79. The second-order valence-electron chi connectivity index (χ2n) is 4.95. The maximum Gasteiger partial charge on any atom is 0.328 e. The second-order valence-corrected chi connectivity index (χ2v) is 4.95. The Morgan fingerprint density at radius 2 is 2.05 bits per heavy atom. The number of hydrogen-bond donors (Lipinski definition) is 2. The molecule has 0 aliphatic heterocycles. The summed E-state index contributed by atoms with van der Waals surface area (Å²) >= 11 is 0. The number of esters is 1. The van der Waals surface area contributed by atoms with E-state index in [1.54, 1.807) is 0 Å². The van der Waals surface area contributed by atoms with Crippen molar-refractivity contribution in [3.05, 3.63) is 33.1 Å². The molecule has 114 valence electrons. The molecule has 0 unspecified atom stereocenters. The van der Waals surface area contributed by atoms with Crippen LogP contribution in [0.2, 0.25) is 0 Å². The molecule has 0 radical (unpaired) electrons. The summed E-state index contributed by atoms with van der Waals surface area (Å²) in [5, 5.41) is 2.78. The minimum atomic E-state index is -0.717. The Bertz CT molecular complexity index is 627. The van der Waals surface area contributed by atoms with Gasteiger partial charge in [-0.2, -0.15) is 0 Å². The highest BCUT2D eigenvalue weighted by atomic mass is 16.5. The van der Waals surface area contributed by atoms with Crippen LogP contribution in [0.4, 0.5) is 0 Å². The lowest BCUT2D eigenvalue weighted by Gasteiger charge is -2.12. The van der Waals surface area contributed by atoms with E-state index in [0.717, 1.165) is 36.3 Å². The quantitative estimate of drug-likeness (QED) is 0.687. The van der Waals surface area contributed by atoms with Crippen molar-refractivity contribution in [1.29, 1.82) is 0 Å². The van der Waals surface area contributed by atoms with Gasteiger partial charge in [-0.1, -0.05) is 12.8 Å². The molecular weight excluding hydrogens is 278 g/mol. The highest BCUT2D eigenvalue weighted by molar-refractivity contribution is 5.80. The molecule has 1 aliphatic rings. The van der Waals surface area contributed by atoms with Gasteiger partial charge in [-0.3, -0.25) is 23.9 Å². The van der Waals surface area contributed by atoms with Crippen molar-refractivity contribution in [1.82, 2.24) is 14.9 Å². The van der Waals surface area contributed by atoms with E-state index in [9.17, 15) is 19.2 Å². The maximum atomic E-state index is 11.6. The zero-order valence-electron chi connectivity index (χ0n) is 11.5. The molecule has 2 N–H and O–H groups in total. The number of rotatable bonds is 5. The summed E-state index contributed by atoms with van der Waals surface area (Å²) in [4.78, 5) is 47.4. The van der Waals surface area contributed by atoms with Crippen molar-refractivity contribution in [2.45, 2.75) is 38.3 Å². The van der Waals surface area contributed by atoms with Gasteiger partial charge in [0, 0.05) is 18.3 Å². The van der Waals surface area contributed by atoms with E-state index in [4.69, 9.17) is 4.74 Å².